The van der Waals surface area contributed by atoms with Crippen molar-refractivity contribution in [2.24, 2.45) is 5.41 Å². The van der Waals surface area contributed by atoms with Gasteiger partial charge in [0.05, 0.1) is 12.2 Å². The summed E-state index contributed by atoms with van der Waals surface area (Å²) >= 11 is 0. The van der Waals surface area contributed by atoms with Crippen LogP contribution in [0.15, 0.2) is 18.2 Å². The van der Waals surface area contributed by atoms with Crippen molar-refractivity contribution in [2.45, 2.75) is 46.8 Å². The number of aliphatic hydroxyl groups excluding tert-OH is 1. The summed E-state index contributed by atoms with van der Waals surface area (Å²) in [5.41, 5.74) is 0.00723. The molecule has 0 fully saturated rings. The molecule has 1 aromatic rings. The van der Waals surface area contributed by atoms with Gasteiger partial charge in [-0.3, -0.25) is 4.79 Å². The summed E-state index contributed by atoms with van der Waals surface area (Å²) in [6, 6.07) is 5.05. The predicted octanol–water partition coefficient (Wildman–Crippen LogP) is 2.01. The largest absolute Gasteiger partial charge is 0.475 e. The standard InChI is InChI=1S/C15H24N2O3/c1-10(2)20-13-8-6-7-11(17-13)14(19)16-9-12(18)15(3,4)5/h6-8,10,12,18H,9H2,1-5H3,(H,16,19). The number of ether oxygens (including phenoxy) is 1. The van der Waals surface area contributed by atoms with E-state index in [2.05, 4.69) is 10.3 Å². The van der Waals surface area contributed by atoms with Crippen LogP contribution in [-0.2, 0) is 0 Å². The average molecular weight is 280 g/mol. The van der Waals surface area contributed by atoms with Crippen molar-refractivity contribution in [1.29, 1.82) is 0 Å². The second-order valence-corrected chi connectivity index (χ2v) is 6.12. The van der Waals surface area contributed by atoms with E-state index >= 15 is 0 Å². The van der Waals surface area contributed by atoms with Crippen molar-refractivity contribution in [2.75, 3.05) is 6.54 Å². The zero-order valence-electron chi connectivity index (χ0n) is 12.8. The minimum atomic E-state index is -0.610. The number of pyridine rings is 1. The first-order valence-electron chi connectivity index (χ1n) is 6.80. The van der Waals surface area contributed by atoms with Crippen LogP contribution in [0.5, 0.6) is 5.88 Å². The lowest BCUT2D eigenvalue weighted by molar-refractivity contribution is 0.0585. The van der Waals surface area contributed by atoms with E-state index in [1.165, 1.54) is 0 Å². The molecule has 1 aromatic heterocycles. The molecule has 1 unspecified atom stereocenters. The van der Waals surface area contributed by atoms with Crippen LogP contribution in [0.25, 0.3) is 0 Å². The highest BCUT2D eigenvalue weighted by molar-refractivity contribution is 5.92. The van der Waals surface area contributed by atoms with Gasteiger partial charge in [-0.1, -0.05) is 26.8 Å². The summed E-state index contributed by atoms with van der Waals surface area (Å²) in [6.45, 7) is 9.74. The molecule has 5 heteroatoms. The molecule has 20 heavy (non-hydrogen) atoms. The van der Waals surface area contributed by atoms with Crippen molar-refractivity contribution >= 4 is 5.91 Å². The summed E-state index contributed by atoms with van der Waals surface area (Å²) in [5, 5.41) is 12.6. The van der Waals surface area contributed by atoms with Gasteiger partial charge < -0.3 is 15.2 Å². The molecule has 1 amide bonds. The Balaban J connectivity index is 2.64. The number of carbonyl (C=O) groups excluding carboxylic acids is 1. The zero-order valence-corrected chi connectivity index (χ0v) is 12.8. The minimum absolute atomic E-state index is 0.00326. The Morgan fingerprint density at radius 3 is 2.60 bits per heavy atom. The molecule has 5 nitrogen and oxygen atoms in total. The Kier molecular flexibility index (Phi) is 5.51. The fraction of sp³-hybridized carbons (Fsp3) is 0.600. The number of carbonyl (C=O) groups is 1. The van der Waals surface area contributed by atoms with E-state index in [1.54, 1.807) is 18.2 Å². The number of amides is 1. The third kappa shape index (κ3) is 5.17. The van der Waals surface area contributed by atoms with Crippen LogP contribution in [0, 0.1) is 5.41 Å². The molecule has 0 aliphatic carbocycles. The lowest BCUT2D eigenvalue weighted by Gasteiger charge is -2.25. The monoisotopic (exact) mass is 280 g/mol. The second kappa shape index (κ2) is 6.70. The maximum Gasteiger partial charge on any atom is 0.270 e. The number of hydrogen-bond acceptors (Lipinski definition) is 4. The molecule has 2 N–H and O–H groups in total. The van der Waals surface area contributed by atoms with Crippen LogP contribution in [-0.4, -0.2) is 34.8 Å². The fourth-order valence-corrected chi connectivity index (χ4v) is 1.43. The molecule has 0 radical (unpaired) electrons. The molecule has 112 valence electrons. The zero-order chi connectivity index (χ0) is 15.3. The normalized spacial score (nSPS) is 13.2. The van der Waals surface area contributed by atoms with E-state index in [9.17, 15) is 9.90 Å². The molecule has 0 aliphatic heterocycles. The Labute approximate surface area is 120 Å². The van der Waals surface area contributed by atoms with Crippen molar-refractivity contribution in [3.05, 3.63) is 23.9 Å². The first-order valence-corrected chi connectivity index (χ1v) is 6.80. The summed E-state index contributed by atoms with van der Waals surface area (Å²) in [6.07, 6.45) is -0.606. The summed E-state index contributed by atoms with van der Waals surface area (Å²) in [5.74, 6) is 0.103. The number of aliphatic hydroxyl groups is 1. The molecule has 0 bridgehead atoms. The first kappa shape index (κ1) is 16.4. The quantitative estimate of drug-likeness (QED) is 0.865. The highest BCUT2D eigenvalue weighted by Gasteiger charge is 2.22. The number of rotatable bonds is 5. The predicted molar refractivity (Wildman–Crippen MR) is 77.8 cm³/mol. The van der Waals surface area contributed by atoms with Crippen LogP contribution in [0.4, 0.5) is 0 Å². The smallest absolute Gasteiger partial charge is 0.270 e. The van der Waals surface area contributed by atoms with Crippen molar-refractivity contribution in [3.63, 3.8) is 0 Å². The van der Waals surface area contributed by atoms with Crippen LogP contribution >= 0.6 is 0 Å². The van der Waals surface area contributed by atoms with Crippen molar-refractivity contribution in [3.8, 4) is 5.88 Å². The first-order chi connectivity index (χ1) is 9.20. The molecule has 0 aromatic carbocycles. The second-order valence-electron chi connectivity index (χ2n) is 6.12. The summed E-state index contributed by atoms with van der Waals surface area (Å²) in [7, 11) is 0. The van der Waals surface area contributed by atoms with Crippen LogP contribution in [0.2, 0.25) is 0 Å². The van der Waals surface area contributed by atoms with Crippen molar-refractivity contribution in [1.82, 2.24) is 10.3 Å². The Morgan fingerprint density at radius 1 is 1.40 bits per heavy atom. The van der Waals surface area contributed by atoms with E-state index in [-0.39, 0.29) is 29.7 Å². The topological polar surface area (TPSA) is 71.5 Å². The number of nitrogens with one attached hydrogen (secondary N) is 1. The van der Waals surface area contributed by atoms with Crippen molar-refractivity contribution < 1.29 is 14.6 Å². The van der Waals surface area contributed by atoms with Crippen LogP contribution in [0.3, 0.4) is 0 Å². The van der Waals surface area contributed by atoms with E-state index in [4.69, 9.17) is 4.74 Å². The van der Waals surface area contributed by atoms with E-state index < -0.39 is 6.10 Å². The fourth-order valence-electron chi connectivity index (χ4n) is 1.43. The van der Waals surface area contributed by atoms with Gasteiger partial charge in [-0.2, -0.15) is 0 Å². The average Bonchev–Trinajstić information content (AvgIpc) is 2.33. The van der Waals surface area contributed by atoms with Gasteiger partial charge in [-0.15, -0.1) is 0 Å². The maximum atomic E-state index is 12.0. The molecular weight excluding hydrogens is 256 g/mol. The van der Waals surface area contributed by atoms with E-state index in [0.29, 0.717) is 5.88 Å². The van der Waals surface area contributed by atoms with Gasteiger partial charge in [0.1, 0.15) is 5.69 Å². The lowest BCUT2D eigenvalue weighted by atomic mass is 9.89. The van der Waals surface area contributed by atoms with Gasteiger partial charge in [-0.05, 0) is 25.3 Å². The van der Waals surface area contributed by atoms with Gasteiger partial charge in [-0.25, -0.2) is 4.98 Å². The van der Waals surface area contributed by atoms with Gasteiger partial charge >= 0.3 is 0 Å². The highest BCUT2D eigenvalue weighted by Crippen LogP contribution is 2.18. The van der Waals surface area contributed by atoms with Gasteiger partial charge in [0.2, 0.25) is 5.88 Å². The maximum absolute atomic E-state index is 12.0. The van der Waals surface area contributed by atoms with Gasteiger partial charge in [0.25, 0.3) is 5.91 Å². The third-order valence-corrected chi connectivity index (χ3v) is 2.77. The van der Waals surface area contributed by atoms with Gasteiger partial charge in [0, 0.05) is 12.6 Å². The third-order valence-electron chi connectivity index (χ3n) is 2.77. The Hall–Kier alpha value is -1.62. The van der Waals surface area contributed by atoms with E-state index in [1.807, 2.05) is 34.6 Å². The molecule has 1 atom stereocenters. The molecule has 0 spiro atoms. The summed E-state index contributed by atoms with van der Waals surface area (Å²) < 4.78 is 5.44. The van der Waals surface area contributed by atoms with Crippen LogP contribution < -0.4 is 10.1 Å². The minimum Gasteiger partial charge on any atom is -0.475 e. The number of nitrogens with zero attached hydrogens (tertiary/aromatic N) is 1. The molecule has 0 aliphatic rings. The Bertz CT molecular complexity index is 453. The lowest BCUT2D eigenvalue weighted by Crippen LogP contribution is -2.39. The SMILES string of the molecule is CC(C)Oc1cccc(C(=O)NCC(O)C(C)(C)C)n1. The summed E-state index contributed by atoms with van der Waals surface area (Å²) in [4.78, 5) is 16.1. The van der Waals surface area contributed by atoms with Crippen LogP contribution in [0.1, 0.15) is 45.1 Å². The number of hydrogen-bond donors (Lipinski definition) is 2. The highest BCUT2D eigenvalue weighted by atomic mass is 16.5. The van der Waals surface area contributed by atoms with E-state index in [0.717, 1.165) is 0 Å². The van der Waals surface area contributed by atoms with Gasteiger partial charge in [0.15, 0.2) is 0 Å². The molecule has 1 heterocycles. The molecule has 1 rings (SSSR count). The molecule has 0 saturated heterocycles. The number of aromatic nitrogens is 1. The Morgan fingerprint density at radius 2 is 2.05 bits per heavy atom. The molecule has 0 saturated carbocycles. The molecular formula is C15H24N2O3.